The summed E-state index contributed by atoms with van der Waals surface area (Å²) in [6.07, 6.45) is 0. The fourth-order valence-corrected chi connectivity index (χ4v) is 2.83. The molecule has 0 radical (unpaired) electrons. The van der Waals surface area contributed by atoms with Crippen LogP contribution in [0.5, 0.6) is 5.75 Å². The van der Waals surface area contributed by atoms with Crippen LogP contribution < -0.4 is 10.1 Å². The average molecular weight is 412 g/mol. The van der Waals surface area contributed by atoms with Gasteiger partial charge in [0.05, 0.1) is 18.8 Å². The van der Waals surface area contributed by atoms with Crippen LogP contribution in [0, 0.1) is 0 Å². The predicted octanol–water partition coefficient (Wildman–Crippen LogP) is 4.57. The minimum atomic E-state index is -0.319. The van der Waals surface area contributed by atoms with Crippen molar-refractivity contribution in [3.05, 3.63) is 57.5 Å². The van der Waals surface area contributed by atoms with Crippen molar-refractivity contribution in [2.24, 2.45) is 0 Å². The first-order chi connectivity index (χ1) is 11.4. The molecule has 0 aliphatic rings. The highest BCUT2D eigenvalue weighted by atomic mass is 79.9. The van der Waals surface area contributed by atoms with E-state index >= 15 is 0 Å². The molecule has 1 amide bonds. The van der Waals surface area contributed by atoms with E-state index in [0.29, 0.717) is 23.0 Å². The van der Waals surface area contributed by atoms with Gasteiger partial charge in [-0.15, -0.1) is 0 Å². The van der Waals surface area contributed by atoms with Crippen molar-refractivity contribution in [3.8, 4) is 5.75 Å². The van der Waals surface area contributed by atoms with E-state index in [-0.39, 0.29) is 11.9 Å². The van der Waals surface area contributed by atoms with Gasteiger partial charge >= 0.3 is 0 Å². The third-order valence-electron chi connectivity index (χ3n) is 3.84. The fraction of sp³-hybridized carbons (Fsp3) is 0.278. The fourth-order valence-electron chi connectivity index (χ4n) is 2.25. The maximum Gasteiger partial charge on any atom is 0.241 e. The second-order valence-corrected chi connectivity index (χ2v) is 6.81. The van der Waals surface area contributed by atoms with Gasteiger partial charge in [-0.1, -0.05) is 45.7 Å². The number of rotatable bonds is 6. The van der Waals surface area contributed by atoms with Crippen LogP contribution in [0.15, 0.2) is 46.9 Å². The molecule has 0 heterocycles. The largest absolute Gasteiger partial charge is 0.495 e. The third-order valence-corrected chi connectivity index (χ3v) is 4.85. The minimum absolute atomic E-state index is 0.120. The summed E-state index contributed by atoms with van der Waals surface area (Å²) in [5.41, 5.74) is 1.69. The van der Waals surface area contributed by atoms with Gasteiger partial charge in [0, 0.05) is 16.0 Å². The lowest BCUT2D eigenvalue weighted by molar-refractivity contribution is -0.120. The summed E-state index contributed by atoms with van der Waals surface area (Å²) >= 11 is 9.53. The topological polar surface area (TPSA) is 41.6 Å². The first-order valence-electron chi connectivity index (χ1n) is 7.50. The molecule has 2 aromatic carbocycles. The van der Waals surface area contributed by atoms with E-state index in [9.17, 15) is 4.79 Å². The van der Waals surface area contributed by atoms with Crippen LogP contribution in [-0.2, 0) is 11.3 Å². The number of carbonyl (C=O) groups is 1. The van der Waals surface area contributed by atoms with Crippen LogP contribution in [0.3, 0.4) is 0 Å². The summed E-state index contributed by atoms with van der Waals surface area (Å²) in [7, 11) is 3.47. The van der Waals surface area contributed by atoms with Gasteiger partial charge in [0.1, 0.15) is 5.75 Å². The van der Waals surface area contributed by atoms with Gasteiger partial charge in [-0.3, -0.25) is 9.69 Å². The molecule has 1 N–H and O–H groups in total. The molecule has 0 saturated carbocycles. The summed E-state index contributed by atoms with van der Waals surface area (Å²) in [4.78, 5) is 14.5. The molecule has 6 heteroatoms. The normalized spacial score (nSPS) is 12.1. The van der Waals surface area contributed by atoms with E-state index in [0.717, 1.165) is 10.0 Å². The first kappa shape index (κ1) is 18.8. The van der Waals surface area contributed by atoms with E-state index in [2.05, 4.69) is 21.2 Å². The van der Waals surface area contributed by atoms with E-state index in [1.807, 2.05) is 43.1 Å². The number of amides is 1. The van der Waals surface area contributed by atoms with Crippen molar-refractivity contribution < 1.29 is 9.53 Å². The summed E-state index contributed by atoms with van der Waals surface area (Å²) in [5, 5.41) is 3.42. The van der Waals surface area contributed by atoms with Crippen LogP contribution in [0.2, 0.25) is 5.02 Å². The molecule has 24 heavy (non-hydrogen) atoms. The zero-order valence-electron chi connectivity index (χ0n) is 13.8. The highest BCUT2D eigenvalue weighted by molar-refractivity contribution is 9.10. The maximum atomic E-state index is 12.5. The number of methoxy groups -OCH3 is 1. The van der Waals surface area contributed by atoms with Crippen LogP contribution in [0.25, 0.3) is 0 Å². The summed E-state index contributed by atoms with van der Waals surface area (Å²) < 4.78 is 6.29. The van der Waals surface area contributed by atoms with Gasteiger partial charge in [-0.25, -0.2) is 0 Å². The lowest BCUT2D eigenvalue weighted by atomic mass is 10.2. The van der Waals surface area contributed by atoms with Gasteiger partial charge < -0.3 is 10.1 Å². The molecule has 1 atom stereocenters. The molecular weight excluding hydrogens is 392 g/mol. The van der Waals surface area contributed by atoms with Gasteiger partial charge in [-0.05, 0) is 43.8 Å². The Balaban J connectivity index is 2.06. The summed E-state index contributed by atoms with van der Waals surface area (Å²) in [6.45, 7) is 2.52. The van der Waals surface area contributed by atoms with Crippen LogP contribution in [0.4, 0.5) is 5.69 Å². The molecule has 4 nitrogen and oxygen atoms in total. The Morgan fingerprint density at radius 1 is 1.33 bits per heavy atom. The molecule has 0 saturated heterocycles. The van der Waals surface area contributed by atoms with Crippen LogP contribution >= 0.6 is 27.5 Å². The van der Waals surface area contributed by atoms with Gasteiger partial charge in [0.15, 0.2) is 0 Å². The lowest BCUT2D eigenvalue weighted by Gasteiger charge is -2.24. The summed E-state index contributed by atoms with van der Waals surface area (Å²) in [5.74, 6) is 0.457. The van der Waals surface area contributed by atoms with Crippen LogP contribution in [0.1, 0.15) is 12.5 Å². The number of nitrogens with zero attached hydrogens (tertiary/aromatic N) is 1. The molecule has 2 aromatic rings. The Kier molecular flexibility index (Phi) is 6.66. The predicted molar refractivity (Wildman–Crippen MR) is 102 cm³/mol. The van der Waals surface area contributed by atoms with Gasteiger partial charge in [-0.2, -0.15) is 0 Å². The molecule has 0 aromatic heterocycles. The molecule has 128 valence electrons. The number of hydrogen-bond acceptors (Lipinski definition) is 3. The Bertz CT molecular complexity index is 724. The van der Waals surface area contributed by atoms with Crippen molar-refractivity contribution in [1.29, 1.82) is 0 Å². The standard InChI is InChI=1S/C18H20BrClN2O2/c1-12(22(2)11-13-6-4-5-7-15(13)19)18(23)21-16-10-14(20)8-9-17(16)24-3/h4-10,12H,11H2,1-3H3,(H,21,23). The van der Waals surface area contributed by atoms with Crippen molar-refractivity contribution >= 4 is 39.1 Å². The second-order valence-electron chi connectivity index (χ2n) is 5.52. The Hall–Kier alpha value is -1.56. The van der Waals surface area contributed by atoms with Crippen molar-refractivity contribution in [3.63, 3.8) is 0 Å². The minimum Gasteiger partial charge on any atom is -0.495 e. The van der Waals surface area contributed by atoms with E-state index in [4.69, 9.17) is 16.3 Å². The molecular formula is C18H20BrClN2O2. The summed E-state index contributed by atoms with van der Waals surface area (Å²) in [6, 6.07) is 12.8. The van der Waals surface area contributed by atoms with Gasteiger partial charge in [0.2, 0.25) is 5.91 Å². The quantitative estimate of drug-likeness (QED) is 0.757. The zero-order chi connectivity index (χ0) is 17.7. The second kappa shape index (κ2) is 8.51. The highest BCUT2D eigenvalue weighted by Gasteiger charge is 2.20. The number of likely N-dealkylation sites (N-methyl/N-ethyl adjacent to an activating group) is 1. The number of carbonyl (C=O) groups excluding carboxylic acids is 1. The molecule has 0 aliphatic heterocycles. The van der Waals surface area contributed by atoms with Crippen molar-refractivity contribution in [1.82, 2.24) is 4.90 Å². The third kappa shape index (κ3) is 4.72. The smallest absolute Gasteiger partial charge is 0.241 e. The number of anilines is 1. The highest BCUT2D eigenvalue weighted by Crippen LogP contribution is 2.28. The number of nitrogens with one attached hydrogen (secondary N) is 1. The number of hydrogen-bond donors (Lipinski definition) is 1. The first-order valence-corrected chi connectivity index (χ1v) is 8.67. The van der Waals surface area contributed by atoms with E-state index < -0.39 is 0 Å². The maximum absolute atomic E-state index is 12.5. The van der Waals surface area contributed by atoms with Crippen LogP contribution in [-0.4, -0.2) is 31.0 Å². The molecule has 0 spiro atoms. The SMILES string of the molecule is COc1ccc(Cl)cc1NC(=O)C(C)N(C)Cc1ccccc1Br. The Morgan fingerprint density at radius 3 is 2.71 bits per heavy atom. The zero-order valence-corrected chi connectivity index (χ0v) is 16.2. The van der Waals surface area contributed by atoms with Crippen molar-refractivity contribution in [2.75, 3.05) is 19.5 Å². The average Bonchev–Trinajstić information content (AvgIpc) is 2.56. The molecule has 1 unspecified atom stereocenters. The number of ether oxygens (including phenoxy) is 1. The van der Waals surface area contributed by atoms with Gasteiger partial charge in [0.25, 0.3) is 0 Å². The van der Waals surface area contributed by atoms with Crippen molar-refractivity contribution in [2.45, 2.75) is 19.5 Å². The van der Waals surface area contributed by atoms with E-state index in [1.54, 1.807) is 25.3 Å². The molecule has 0 fully saturated rings. The van der Waals surface area contributed by atoms with E-state index in [1.165, 1.54) is 0 Å². The molecule has 0 aliphatic carbocycles. The number of benzene rings is 2. The Morgan fingerprint density at radius 2 is 2.04 bits per heavy atom. The molecule has 0 bridgehead atoms. The monoisotopic (exact) mass is 410 g/mol. The number of halogens is 2. The molecule has 2 rings (SSSR count). The lowest BCUT2D eigenvalue weighted by Crippen LogP contribution is -2.39. The Labute approximate surface area is 155 Å².